The van der Waals surface area contributed by atoms with Crippen molar-refractivity contribution in [3.63, 3.8) is 0 Å². The van der Waals surface area contributed by atoms with Gasteiger partial charge in [0.25, 0.3) is 5.91 Å². The molecule has 142 valence electrons. The number of carbonyl (C=O) groups excluding carboxylic acids is 1. The maximum Gasteiger partial charge on any atom is 0.256 e. The molecule has 1 N–H and O–H groups in total. The molecule has 1 aliphatic rings. The van der Waals surface area contributed by atoms with Crippen molar-refractivity contribution in [2.24, 2.45) is 0 Å². The molecule has 3 rings (SSSR count). The second-order valence-electron chi connectivity index (χ2n) is 6.91. The zero-order valence-corrected chi connectivity index (χ0v) is 16.7. The van der Waals surface area contributed by atoms with Crippen LogP contribution < -0.4 is 10.1 Å². The molecule has 1 aromatic heterocycles. The van der Waals surface area contributed by atoms with Crippen LogP contribution in [0.4, 0.5) is 5.00 Å². The van der Waals surface area contributed by atoms with Crippen molar-refractivity contribution >= 4 is 22.2 Å². The van der Waals surface area contributed by atoms with Gasteiger partial charge in [-0.15, -0.1) is 11.3 Å². The highest BCUT2D eigenvalue weighted by atomic mass is 32.1. The normalized spacial score (nSPS) is 13.3. The number of rotatable bonds is 7. The smallest absolute Gasteiger partial charge is 0.256 e. The molecule has 5 heteroatoms. The van der Waals surface area contributed by atoms with E-state index < -0.39 is 0 Å². The number of ether oxygens (including phenoxy) is 1. The van der Waals surface area contributed by atoms with Crippen molar-refractivity contribution in [2.45, 2.75) is 58.3 Å². The Morgan fingerprint density at radius 2 is 1.96 bits per heavy atom. The summed E-state index contributed by atoms with van der Waals surface area (Å²) in [4.78, 5) is 13.9. The Balaban J connectivity index is 1.66. The van der Waals surface area contributed by atoms with E-state index in [-0.39, 0.29) is 5.91 Å². The molecule has 1 amide bonds. The predicted molar refractivity (Wildman–Crippen MR) is 110 cm³/mol. The molecule has 0 spiro atoms. The van der Waals surface area contributed by atoms with Crippen LogP contribution in [0.15, 0.2) is 24.3 Å². The van der Waals surface area contributed by atoms with Gasteiger partial charge in [-0.05, 0) is 61.9 Å². The number of thiophene rings is 1. The summed E-state index contributed by atoms with van der Waals surface area (Å²) in [6, 6.07) is 9.51. The van der Waals surface area contributed by atoms with E-state index in [1.54, 1.807) is 23.5 Å². The van der Waals surface area contributed by atoms with Crippen LogP contribution in [0, 0.1) is 11.3 Å². The third-order valence-electron chi connectivity index (χ3n) is 4.89. The number of nitrogens with zero attached hydrogens (tertiary/aromatic N) is 1. The molecule has 4 nitrogen and oxygen atoms in total. The number of nitrogens with one attached hydrogen (secondary N) is 1. The van der Waals surface area contributed by atoms with Crippen LogP contribution in [-0.2, 0) is 12.8 Å². The second-order valence-corrected chi connectivity index (χ2v) is 8.02. The molecule has 0 aliphatic heterocycles. The minimum Gasteiger partial charge on any atom is -0.494 e. The van der Waals surface area contributed by atoms with E-state index in [0.717, 1.165) is 49.8 Å². The van der Waals surface area contributed by atoms with Gasteiger partial charge in [0.1, 0.15) is 16.8 Å². The summed E-state index contributed by atoms with van der Waals surface area (Å²) in [6.45, 7) is 2.86. The van der Waals surface area contributed by atoms with E-state index in [1.807, 2.05) is 12.1 Å². The van der Waals surface area contributed by atoms with Crippen molar-refractivity contribution in [3.05, 3.63) is 45.8 Å². The summed E-state index contributed by atoms with van der Waals surface area (Å²) in [5.41, 5.74) is 2.37. The fraction of sp³-hybridized carbons (Fsp3) is 0.455. The van der Waals surface area contributed by atoms with E-state index in [9.17, 15) is 10.1 Å². The topological polar surface area (TPSA) is 62.1 Å². The largest absolute Gasteiger partial charge is 0.494 e. The lowest BCUT2D eigenvalue weighted by molar-refractivity contribution is 0.102. The number of anilines is 1. The Labute approximate surface area is 165 Å². The highest BCUT2D eigenvalue weighted by Gasteiger charge is 2.21. The number of amides is 1. The molecular weight excluding hydrogens is 356 g/mol. The van der Waals surface area contributed by atoms with Crippen LogP contribution in [0.3, 0.4) is 0 Å². The maximum absolute atomic E-state index is 12.6. The van der Waals surface area contributed by atoms with Gasteiger partial charge in [0.15, 0.2) is 0 Å². The molecule has 1 heterocycles. The summed E-state index contributed by atoms with van der Waals surface area (Å²) in [5.74, 6) is 0.601. The quantitative estimate of drug-likeness (QED) is 0.493. The number of hydrogen-bond donors (Lipinski definition) is 1. The average Bonchev–Trinajstić information content (AvgIpc) is 2.85. The number of aryl methyl sites for hydroxylation is 1. The fourth-order valence-corrected chi connectivity index (χ4v) is 4.60. The Morgan fingerprint density at radius 1 is 1.19 bits per heavy atom. The maximum atomic E-state index is 12.6. The molecule has 27 heavy (non-hydrogen) atoms. The summed E-state index contributed by atoms with van der Waals surface area (Å²) in [5, 5.41) is 13.2. The first-order valence-corrected chi connectivity index (χ1v) is 10.6. The second kappa shape index (κ2) is 9.57. The first kappa shape index (κ1) is 19.4. The standard InChI is InChI=1S/C22H26N2O2S/c1-2-3-7-14-26-17-12-10-16(11-13-17)21(25)24-22-19(15-23)18-8-5-4-6-9-20(18)27-22/h10-13H,2-9,14H2,1H3,(H,24,25). The molecule has 2 aromatic rings. The highest BCUT2D eigenvalue weighted by molar-refractivity contribution is 7.16. The SMILES string of the molecule is CCCCCOc1ccc(C(=O)Nc2sc3c(c2C#N)CCCCC3)cc1. The zero-order valence-electron chi connectivity index (χ0n) is 15.8. The highest BCUT2D eigenvalue weighted by Crippen LogP contribution is 2.37. The van der Waals surface area contributed by atoms with Gasteiger partial charge in [0.05, 0.1) is 12.2 Å². The van der Waals surface area contributed by atoms with Gasteiger partial charge in [-0.1, -0.05) is 26.2 Å². The molecule has 1 aromatic carbocycles. The fourth-order valence-electron chi connectivity index (χ4n) is 3.37. The molecule has 0 saturated heterocycles. The number of benzene rings is 1. The van der Waals surface area contributed by atoms with Crippen molar-refractivity contribution in [1.82, 2.24) is 0 Å². The van der Waals surface area contributed by atoms with E-state index in [4.69, 9.17) is 4.74 Å². The van der Waals surface area contributed by atoms with Crippen LogP contribution >= 0.6 is 11.3 Å². The van der Waals surface area contributed by atoms with Crippen LogP contribution in [0.2, 0.25) is 0 Å². The van der Waals surface area contributed by atoms with E-state index in [2.05, 4.69) is 18.3 Å². The number of fused-ring (bicyclic) bond motifs is 1. The molecular formula is C22H26N2O2S. The van der Waals surface area contributed by atoms with Gasteiger partial charge in [-0.25, -0.2) is 0 Å². The average molecular weight is 383 g/mol. The molecule has 0 atom stereocenters. The summed E-state index contributed by atoms with van der Waals surface area (Å²) in [7, 11) is 0. The summed E-state index contributed by atoms with van der Waals surface area (Å²) in [6.07, 6.45) is 8.80. The molecule has 0 radical (unpaired) electrons. The number of carbonyl (C=O) groups is 1. The molecule has 1 aliphatic carbocycles. The molecule has 0 unspecified atom stereocenters. The number of unbranched alkanes of at least 4 members (excludes halogenated alkanes) is 2. The van der Waals surface area contributed by atoms with Crippen molar-refractivity contribution in [1.29, 1.82) is 5.26 Å². The van der Waals surface area contributed by atoms with Gasteiger partial charge in [0, 0.05) is 10.4 Å². The Morgan fingerprint density at radius 3 is 2.70 bits per heavy atom. The Hall–Kier alpha value is -2.32. The summed E-state index contributed by atoms with van der Waals surface area (Å²) < 4.78 is 5.69. The molecule has 0 fully saturated rings. The van der Waals surface area contributed by atoms with Gasteiger partial charge in [-0.2, -0.15) is 5.26 Å². The lowest BCUT2D eigenvalue weighted by Gasteiger charge is -2.07. The third-order valence-corrected chi connectivity index (χ3v) is 6.10. The van der Waals surface area contributed by atoms with Crippen molar-refractivity contribution in [3.8, 4) is 11.8 Å². The number of nitriles is 1. The number of hydrogen-bond acceptors (Lipinski definition) is 4. The van der Waals surface area contributed by atoms with Crippen LogP contribution in [0.25, 0.3) is 0 Å². The lowest BCUT2D eigenvalue weighted by Crippen LogP contribution is -2.11. The van der Waals surface area contributed by atoms with Gasteiger partial charge in [-0.3, -0.25) is 4.79 Å². The third kappa shape index (κ3) is 4.90. The van der Waals surface area contributed by atoms with E-state index >= 15 is 0 Å². The van der Waals surface area contributed by atoms with Gasteiger partial charge >= 0.3 is 0 Å². The minimum absolute atomic E-state index is 0.180. The Kier molecular flexibility index (Phi) is 6.89. The van der Waals surface area contributed by atoms with Crippen LogP contribution in [0.1, 0.15) is 71.8 Å². The molecule has 0 bridgehead atoms. The Bertz CT molecular complexity index is 818. The first-order chi connectivity index (χ1) is 13.2. The van der Waals surface area contributed by atoms with Crippen molar-refractivity contribution < 1.29 is 9.53 Å². The van der Waals surface area contributed by atoms with Crippen LogP contribution in [0.5, 0.6) is 5.75 Å². The van der Waals surface area contributed by atoms with Crippen LogP contribution in [-0.4, -0.2) is 12.5 Å². The minimum atomic E-state index is -0.180. The van der Waals surface area contributed by atoms with E-state index in [0.29, 0.717) is 22.7 Å². The zero-order chi connectivity index (χ0) is 19.1. The van der Waals surface area contributed by atoms with E-state index in [1.165, 1.54) is 17.7 Å². The van der Waals surface area contributed by atoms with Crippen molar-refractivity contribution in [2.75, 3.05) is 11.9 Å². The summed E-state index contributed by atoms with van der Waals surface area (Å²) >= 11 is 1.56. The van der Waals surface area contributed by atoms with Gasteiger partial charge in [0.2, 0.25) is 0 Å². The monoisotopic (exact) mass is 382 g/mol. The predicted octanol–water partition coefficient (Wildman–Crippen LogP) is 5.71. The van der Waals surface area contributed by atoms with Gasteiger partial charge < -0.3 is 10.1 Å². The molecule has 0 saturated carbocycles. The lowest BCUT2D eigenvalue weighted by atomic mass is 10.1. The first-order valence-electron chi connectivity index (χ1n) is 9.81.